The van der Waals surface area contributed by atoms with Gasteiger partial charge in [0.1, 0.15) is 17.5 Å². The zero-order chi connectivity index (χ0) is 14.5. The Morgan fingerprint density at radius 2 is 1.90 bits per heavy atom. The zero-order valence-corrected chi connectivity index (χ0v) is 12.1. The van der Waals surface area contributed by atoms with Gasteiger partial charge in [-0.05, 0) is 11.4 Å². The molecule has 1 atom stereocenters. The second-order valence-corrected chi connectivity index (χ2v) is 5.06. The number of thiophene rings is 1. The Morgan fingerprint density at radius 1 is 1.25 bits per heavy atom. The average molecular weight is 292 g/mol. The number of benzene rings is 1. The molecule has 106 valence electrons. The second kappa shape index (κ2) is 6.40. The van der Waals surface area contributed by atoms with Crippen molar-refractivity contribution >= 4 is 22.9 Å². The molecule has 0 saturated heterocycles. The molecule has 1 aromatic carbocycles. The maximum Gasteiger partial charge on any atom is 0.246 e. The molecule has 1 amide bonds. The predicted molar refractivity (Wildman–Crippen MR) is 79.4 cm³/mol. The molecule has 2 aromatic rings. The van der Waals surface area contributed by atoms with Gasteiger partial charge in [-0.15, -0.1) is 11.3 Å². The van der Waals surface area contributed by atoms with Crippen LogP contribution in [0.15, 0.2) is 35.7 Å². The van der Waals surface area contributed by atoms with Crippen LogP contribution < -0.4 is 20.5 Å². The van der Waals surface area contributed by atoms with Gasteiger partial charge in [0.05, 0.1) is 14.2 Å². The Kier molecular flexibility index (Phi) is 4.60. The fourth-order valence-corrected chi connectivity index (χ4v) is 2.42. The van der Waals surface area contributed by atoms with Gasteiger partial charge < -0.3 is 20.5 Å². The second-order valence-electron chi connectivity index (χ2n) is 4.08. The standard InChI is InChI=1S/C14H16N2O3S/c1-18-10-6-9(7-11(8-10)19-2)16-14(17)13(15)12-4-3-5-20-12/h3-8,13H,15H2,1-2H3,(H,16,17). The molecule has 0 fully saturated rings. The fraction of sp³-hybridized carbons (Fsp3) is 0.214. The summed E-state index contributed by atoms with van der Waals surface area (Å²) in [5, 5.41) is 4.65. The van der Waals surface area contributed by atoms with Crippen LogP contribution in [0.5, 0.6) is 11.5 Å². The minimum atomic E-state index is -0.688. The average Bonchev–Trinajstić information content (AvgIpc) is 3.00. The SMILES string of the molecule is COc1cc(NC(=O)C(N)c2cccs2)cc(OC)c1. The molecule has 6 heteroatoms. The molecule has 2 rings (SSSR count). The normalized spacial score (nSPS) is 11.8. The fourth-order valence-electron chi connectivity index (χ4n) is 1.70. The van der Waals surface area contributed by atoms with Gasteiger partial charge in [0.25, 0.3) is 0 Å². The number of nitrogens with two attached hydrogens (primary N) is 1. The Labute approximate surface area is 121 Å². The maximum atomic E-state index is 12.1. The number of nitrogens with one attached hydrogen (secondary N) is 1. The minimum absolute atomic E-state index is 0.275. The van der Waals surface area contributed by atoms with Crippen LogP contribution in [0.1, 0.15) is 10.9 Å². The molecule has 0 saturated carbocycles. The van der Waals surface area contributed by atoms with Crippen LogP contribution in [0.4, 0.5) is 5.69 Å². The number of rotatable bonds is 5. The van der Waals surface area contributed by atoms with E-state index < -0.39 is 6.04 Å². The van der Waals surface area contributed by atoms with E-state index in [1.807, 2.05) is 17.5 Å². The monoisotopic (exact) mass is 292 g/mol. The van der Waals surface area contributed by atoms with E-state index >= 15 is 0 Å². The summed E-state index contributed by atoms with van der Waals surface area (Å²) >= 11 is 1.45. The van der Waals surface area contributed by atoms with E-state index in [-0.39, 0.29) is 5.91 Å². The molecule has 1 heterocycles. The van der Waals surface area contributed by atoms with Crippen LogP contribution in [0.3, 0.4) is 0 Å². The highest BCUT2D eigenvalue weighted by atomic mass is 32.1. The lowest BCUT2D eigenvalue weighted by Crippen LogP contribution is -2.26. The van der Waals surface area contributed by atoms with Crippen molar-refractivity contribution in [2.75, 3.05) is 19.5 Å². The Bertz CT molecular complexity index is 562. The minimum Gasteiger partial charge on any atom is -0.497 e. The maximum absolute atomic E-state index is 12.1. The summed E-state index contributed by atoms with van der Waals surface area (Å²) in [7, 11) is 3.11. The van der Waals surface area contributed by atoms with Crippen LogP contribution in [-0.4, -0.2) is 20.1 Å². The van der Waals surface area contributed by atoms with Crippen molar-refractivity contribution in [2.45, 2.75) is 6.04 Å². The summed E-state index contributed by atoms with van der Waals surface area (Å²) in [4.78, 5) is 12.9. The van der Waals surface area contributed by atoms with E-state index in [0.29, 0.717) is 17.2 Å². The van der Waals surface area contributed by atoms with Crippen molar-refractivity contribution in [3.8, 4) is 11.5 Å². The first-order chi connectivity index (χ1) is 9.63. The van der Waals surface area contributed by atoms with Gasteiger partial charge in [-0.2, -0.15) is 0 Å². The highest BCUT2D eigenvalue weighted by Gasteiger charge is 2.17. The van der Waals surface area contributed by atoms with Crippen molar-refractivity contribution < 1.29 is 14.3 Å². The zero-order valence-electron chi connectivity index (χ0n) is 11.3. The summed E-state index contributed by atoms with van der Waals surface area (Å²) in [6.07, 6.45) is 0. The third-order valence-corrected chi connectivity index (χ3v) is 3.71. The van der Waals surface area contributed by atoms with Gasteiger partial charge in [0, 0.05) is 28.8 Å². The molecule has 3 N–H and O–H groups in total. The van der Waals surface area contributed by atoms with Crippen LogP contribution >= 0.6 is 11.3 Å². The van der Waals surface area contributed by atoms with Gasteiger partial charge in [0.2, 0.25) is 5.91 Å². The van der Waals surface area contributed by atoms with E-state index in [1.54, 1.807) is 32.4 Å². The number of hydrogen-bond acceptors (Lipinski definition) is 5. The summed E-state index contributed by atoms with van der Waals surface area (Å²) < 4.78 is 10.3. The molecule has 0 aliphatic heterocycles. The van der Waals surface area contributed by atoms with Crippen molar-refractivity contribution in [2.24, 2.45) is 5.73 Å². The number of carbonyl (C=O) groups is 1. The smallest absolute Gasteiger partial charge is 0.246 e. The lowest BCUT2D eigenvalue weighted by atomic mass is 10.2. The Morgan fingerprint density at radius 3 is 2.40 bits per heavy atom. The summed E-state index contributed by atoms with van der Waals surface area (Å²) in [6.45, 7) is 0. The summed E-state index contributed by atoms with van der Waals surface area (Å²) in [5.41, 5.74) is 6.49. The first kappa shape index (κ1) is 14.4. The highest BCUT2D eigenvalue weighted by Crippen LogP contribution is 2.26. The summed E-state index contributed by atoms with van der Waals surface area (Å²) in [5.74, 6) is 0.927. The molecule has 20 heavy (non-hydrogen) atoms. The molecular weight excluding hydrogens is 276 g/mol. The molecule has 5 nitrogen and oxygen atoms in total. The van der Waals surface area contributed by atoms with Crippen LogP contribution in [0, 0.1) is 0 Å². The van der Waals surface area contributed by atoms with E-state index in [1.165, 1.54) is 11.3 Å². The molecule has 1 aromatic heterocycles. The predicted octanol–water partition coefficient (Wildman–Crippen LogP) is 2.40. The van der Waals surface area contributed by atoms with Crippen LogP contribution in [-0.2, 0) is 4.79 Å². The van der Waals surface area contributed by atoms with Crippen molar-refractivity contribution in [1.29, 1.82) is 0 Å². The molecule has 0 aliphatic carbocycles. The van der Waals surface area contributed by atoms with Crippen LogP contribution in [0.25, 0.3) is 0 Å². The Balaban J connectivity index is 2.15. The van der Waals surface area contributed by atoms with E-state index in [2.05, 4.69) is 5.32 Å². The number of ether oxygens (including phenoxy) is 2. The number of carbonyl (C=O) groups excluding carboxylic acids is 1. The third kappa shape index (κ3) is 3.28. The molecule has 0 bridgehead atoms. The van der Waals surface area contributed by atoms with Gasteiger partial charge in [-0.3, -0.25) is 4.79 Å². The number of amides is 1. The van der Waals surface area contributed by atoms with Gasteiger partial charge in [-0.1, -0.05) is 6.07 Å². The molecule has 0 spiro atoms. The van der Waals surface area contributed by atoms with Gasteiger partial charge >= 0.3 is 0 Å². The first-order valence-corrected chi connectivity index (χ1v) is 6.85. The first-order valence-electron chi connectivity index (χ1n) is 5.97. The van der Waals surface area contributed by atoms with Crippen LogP contribution in [0.2, 0.25) is 0 Å². The molecule has 0 radical (unpaired) electrons. The van der Waals surface area contributed by atoms with Gasteiger partial charge in [0.15, 0.2) is 0 Å². The quantitative estimate of drug-likeness (QED) is 0.887. The molecular formula is C14H16N2O3S. The van der Waals surface area contributed by atoms with E-state index in [4.69, 9.17) is 15.2 Å². The van der Waals surface area contributed by atoms with Crippen molar-refractivity contribution in [3.63, 3.8) is 0 Å². The lowest BCUT2D eigenvalue weighted by molar-refractivity contribution is -0.117. The number of hydrogen-bond donors (Lipinski definition) is 2. The van der Waals surface area contributed by atoms with E-state index in [9.17, 15) is 4.79 Å². The van der Waals surface area contributed by atoms with Crippen molar-refractivity contribution in [3.05, 3.63) is 40.6 Å². The van der Waals surface area contributed by atoms with E-state index in [0.717, 1.165) is 4.88 Å². The summed E-state index contributed by atoms with van der Waals surface area (Å²) in [6, 6.07) is 8.16. The number of methoxy groups -OCH3 is 2. The number of anilines is 1. The highest BCUT2D eigenvalue weighted by molar-refractivity contribution is 7.10. The lowest BCUT2D eigenvalue weighted by Gasteiger charge is -2.13. The molecule has 1 unspecified atom stereocenters. The largest absolute Gasteiger partial charge is 0.497 e. The van der Waals surface area contributed by atoms with Crippen molar-refractivity contribution in [1.82, 2.24) is 0 Å². The third-order valence-electron chi connectivity index (χ3n) is 2.75. The van der Waals surface area contributed by atoms with Gasteiger partial charge in [-0.25, -0.2) is 0 Å². The Hall–Kier alpha value is -2.05. The topological polar surface area (TPSA) is 73.6 Å². The molecule has 0 aliphatic rings.